The second-order valence-corrected chi connectivity index (χ2v) is 15.7. The molecule has 0 bridgehead atoms. The van der Waals surface area contributed by atoms with Crippen molar-refractivity contribution in [2.45, 2.75) is 52.7 Å². The standard InChI is InChI=1S/C17H23N2O4PS2.C13H14N2OS/c1-5-22-24(21,23-6-2)11-25-15-10-18-17(26-15)19-16(20)14-8-12(3)7-13(4)9-14;1-8-4-9(2)6-11(5-8)12(16)15-13-14-7-10(3)17-13/h7-10H,5-6,11H2,1-4H3,(H,18,19,20);4-7H,1-3H3,(H,14,15,16). The van der Waals surface area contributed by atoms with Gasteiger partial charge in [0, 0.05) is 22.2 Å². The summed E-state index contributed by atoms with van der Waals surface area (Å²) >= 11 is 4.15. The summed E-state index contributed by atoms with van der Waals surface area (Å²) in [6, 6.07) is 11.5. The van der Waals surface area contributed by atoms with Gasteiger partial charge in [0.1, 0.15) is 5.49 Å². The molecule has 2 aromatic carbocycles. The van der Waals surface area contributed by atoms with Crippen molar-refractivity contribution >= 4 is 64.1 Å². The van der Waals surface area contributed by atoms with Crippen LogP contribution >= 0.6 is 42.0 Å². The van der Waals surface area contributed by atoms with Gasteiger partial charge in [0.2, 0.25) is 0 Å². The van der Waals surface area contributed by atoms with E-state index >= 15 is 0 Å². The molecule has 9 nitrogen and oxygen atoms in total. The SMILES string of the molecule is CCOP(=O)(CSc1cnc(NC(=O)c2cc(C)cc(C)c2)s1)OCC.Cc1cc(C)cc(C(=O)Nc2ncc(C)s2)c1. The Hall–Kier alpha value is -2.86. The molecule has 0 atom stereocenters. The molecule has 0 fully saturated rings. The highest BCUT2D eigenvalue weighted by molar-refractivity contribution is 8.06. The number of benzene rings is 2. The molecule has 43 heavy (non-hydrogen) atoms. The van der Waals surface area contributed by atoms with Crippen molar-refractivity contribution in [3.8, 4) is 0 Å². The monoisotopic (exact) mass is 660 g/mol. The Balaban J connectivity index is 0.000000257. The van der Waals surface area contributed by atoms with Crippen molar-refractivity contribution in [2.75, 3.05) is 29.3 Å². The van der Waals surface area contributed by atoms with Crippen molar-refractivity contribution in [3.63, 3.8) is 0 Å². The maximum Gasteiger partial charge on any atom is 0.340 e. The zero-order valence-corrected chi connectivity index (χ0v) is 28.7. The van der Waals surface area contributed by atoms with Gasteiger partial charge in [0.05, 0.1) is 23.6 Å². The van der Waals surface area contributed by atoms with E-state index in [0.717, 1.165) is 31.3 Å². The molecule has 230 valence electrons. The van der Waals surface area contributed by atoms with E-state index in [2.05, 4.69) is 20.6 Å². The lowest BCUT2D eigenvalue weighted by atomic mass is 10.1. The molecule has 2 amide bonds. The predicted molar refractivity (Wildman–Crippen MR) is 178 cm³/mol. The van der Waals surface area contributed by atoms with E-state index in [0.29, 0.717) is 34.6 Å². The quantitative estimate of drug-likeness (QED) is 0.121. The van der Waals surface area contributed by atoms with Crippen molar-refractivity contribution in [2.24, 2.45) is 0 Å². The summed E-state index contributed by atoms with van der Waals surface area (Å²) in [5, 5.41) is 6.75. The average Bonchev–Trinajstić information content (AvgIpc) is 3.55. The van der Waals surface area contributed by atoms with Crippen LogP contribution in [0, 0.1) is 34.6 Å². The molecule has 0 saturated heterocycles. The Morgan fingerprint density at radius 1 is 0.744 bits per heavy atom. The van der Waals surface area contributed by atoms with Gasteiger partial charge in [-0.2, -0.15) is 0 Å². The number of thioether (sulfide) groups is 1. The third-order valence-electron chi connectivity index (χ3n) is 5.53. The van der Waals surface area contributed by atoms with Crippen molar-refractivity contribution in [1.82, 2.24) is 9.97 Å². The lowest BCUT2D eigenvalue weighted by molar-refractivity contribution is 0.101. The van der Waals surface area contributed by atoms with E-state index in [4.69, 9.17) is 9.05 Å². The van der Waals surface area contributed by atoms with Crippen LogP contribution in [0.1, 0.15) is 61.7 Å². The minimum Gasteiger partial charge on any atom is -0.308 e. The van der Waals surface area contributed by atoms with Crippen LogP contribution in [0.5, 0.6) is 0 Å². The summed E-state index contributed by atoms with van der Waals surface area (Å²) in [6.07, 6.45) is 3.40. The van der Waals surface area contributed by atoms with Crippen molar-refractivity contribution < 1.29 is 23.2 Å². The lowest BCUT2D eigenvalue weighted by Gasteiger charge is -2.15. The Morgan fingerprint density at radius 3 is 1.60 bits per heavy atom. The van der Waals surface area contributed by atoms with Crippen LogP contribution in [0.3, 0.4) is 0 Å². The Bertz CT molecular complexity index is 1550. The predicted octanol–water partition coefficient (Wildman–Crippen LogP) is 8.65. The highest BCUT2D eigenvalue weighted by Crippen LogP contribution is 2.52. The van der Waals surface area contributed by atoms with Crippen LogP contribution in [0.4, 0.5) is 10.3 Å². The smallest absolute Gasteiger partial charge is 0.308 e. The highest BCUT2D eigenvalue weighted by atomic mass is 32.2. The highest BCUT2D eigenvalue weighted by Gasteiger charge is 2.24. The summed E-state index contributed by atoms with van der Waals surface area (Å²) in [6.45, 7) is 14.1. The van der Waals surface area contributed by atoms with Gasteiger partial charge in [0.25, 0.3) is 11.8 Å². The Kier molecular flexibility index (Phi) is 13.1. The number of thiazole rings is 2. The van der Waals surface area contributed by atoms with Gasteiger partial charge < -0.3 is 9.05 Å². The molecule has 4 aromatic rings. The number of rotatable bonds is 11. The zero-order chi connectivity index (χ0) is 31.6. The van der Waals surface area contributed by atoms with Gasteiger partial charge in [0.15, 0.2) is 10.3 Å². The van der Waals surface area contributed by atoms with Crippen LogP contribution in [0.2, 0.25) is 0 Å². The van der Waals surface area contributed by atoms with Crippen LogP contribution in [0.25, 0.3) is 0 Å². The number of aryl methyl sites for hydroxylation is 5. The van der Waals surface area contributed by atoms with Gasteiger partial charge >= 0.3 is 7.60 Å². The second-order valence-electron chi connectivity index (χ2n) is 9.64. The number of hydrogen-bond acceptors (Lipinski definition) is 10. The van der Waals surface area contributed by atoms with Crippen LogP contribution in [0.15, 0.2) is 53.0 Å². The van der Waals surface area contributed by atoms with Crippen molar-refractivity contribution in [1.29, 1.82) is 0 Å². The normalized spacial score (nSPS) is 11.0. The first kappa shape index (κ1) is 34.6. The summed E-state index contributed by atoms with van der Waals surface area (Å²) in [7, 11) is -3.11. The fraction of sp³-hybridized carbons (Fsp3) is 0.333. The minimum atomic E-state index is -3.11. The third kappa shape index (κ3) is 11.3. The Labute approximate surface area is 265 Å². The number of aromatic nitrogens is 2. The maximum atomic E-state index is 12.5. The van der Waals surface area contributed by atoms with Gasteiger partial charge in [-0.15, -0.1) is 23.1 Å². The van der Waals surface area contributed by atoms with Gasteiger partial charge in [-0.25, -0.2) is 9.97 Å². The molecule has 0 saturated carbocycles. The lowest BCUT2D eigenvalue weighted by Crippen LogP contribution is -2.12. The number of anilines is 2. The van der Waals surface area contributed by atoms with Gasteiger partial charge in [-0.1, -0.05) is 45.7 Å². The minimum absolute atomic E-state index is 0.105. The summed E-state index contributed by atoms with van der Waals surface area (Å²) in [4.78, 5) is 33.8. The van der Waals surface area contributed by atoms with Gasteiger partial charge in [-0.05, 0) is 72.7 Å². The molecule has 0 radical (unpaired) electrons. The van der Waals surface area contributed by atoms with E-state index in [9.17, 15) is 14.2 Å². The first-order valence-corrected chi connectivity index (χ1v) is 17.9. The van der Waals surface area contributed by atoms with E-state index in [-0.39, 0.29) is 17.3 Å². The molecule has 0 aliphatic carbocycles. The second kappa shape index (κ2) is 16.3. The molecule has 2 N–H and O–H groups in total. The molecule has 2 aromatic heterocycles. The van der Waals surface area contributed by atoms with Crippen LogP contribution < -0.4 is 10.6 Å². The number of amides is 2. The Morgan fingerprint density at radius 2 is 1.19 bits per heavy atom. The summed E-state index contributed by atoms with van der Waals surface area (Å²) in [5.41, 5.74) is 5.73. The number of carbonyl (C=O) groups is 2. The molecule has 0 aliphatic heterocycles. The average molecular weight is 661 g/mol. The number of nitrogens with zero attached hydrogens (tertiary/aromatic N) is 2. The fourth-order valence-electron chi connectivity index (χ4n) is 3.99. The first-order valence-electron chi connectivity index (χ1n) is 13.6. The van der Waals surface area contributed by atoms with E-state index in [1.54, 1.807) is 26.2 Å². The van der Waals surface area contributed by atoms with Gasteiger partial charge in [-0.3, -0.25) is 24.8 Å². The molecular formula is C30H37N4O5PS3. The number of hydrogen-bond donors (Lipinski definition) is 2. The topological polar surface area (TPSA) is 120 Å². The van der Waals surface area contributed by atoms with E-state index < -0.39 is 7.60 Å². The largest absolute Gasteiger partial charge is 0.340 e. The van der Waals surface area contributed by atoms with Crippen LogP contribution in [-0.4, -0.2) is 40.5 Å². The van der Waals surface area contributed by atoms with E-state index in [1.807, 2.05) is 71.0 Å². The summed E-state index contributed by atoms with van der Waals surface area (Å²) < 4.78 is 23.8. The van der Waals surface area contributed by atoms with E-state index in [1.165, 1.54) is 34.4 Å². The third-order valence-corrected chi connectivity index (χ3v) is 11.1. The molecule has 13 heteroatoms. The number of nitrogens with one attached hydrogen (secondary N) is 2. The molecule has 4 rings (SSSR count). The molecule has 0 unspecified atom stereocenters. The molecule has 0 aliphatic rings. The number of carbonyl (C=O) groups excluding carboxylic acids is 2. The zero-order valence-electron chi connectivity index (χ0n) is 25.3. The van der Waals surface area contributed by atoms with Crippen molar-refractivity contribution in [3.05, 3.63) is 87.0 Å². The molecule has 2 heterocycles. The summed E-state index contributed by atoms with van der Waals surface area (Å²) in [5.74, 6) is -0.303. The fourth-order valence-corrected chi connectivity index (χ4v) is 8.87. The van der Waals surface area contributed by atoms with Crippen LogP contribution in [-0.2, 0) is 13.6 Å². The molecule has 0 spiro atoms. The first-order chi connectivity index (χ1) is 20.4. The molecular weight excluding hydrogens is 624 g/mol. The maximum absolute atomic E-state index is 12.5.